The highest BCUT2D eigenvalue weighted by atomic mass is 79.9. The van der Waals surface area contributed by atoms with Crippen molar-refractivity contribution < 1.29 is 9.90 Å². The lowest BCUT2D eigenvalue weighted by Gasteiger charge is -2.22. The fourth-order valence-corrected chi connectivity index (χ4v) is 2.63. The number of nitrogens with zero attached hydrogens (tertiary/aromatic N) is 1. The smallest absolute Gasteiger partial charge is 0.259 e. The number of phenols is 1. The second-order valence-electron chi connectivity index (χ2n) is 6.24. The van der Waals surface area contributed by atoms with Crippen molar-refractivity contribution in [2.75, 3.05) is 5.32 Å². The Kier molecular flexibility index (Phi) is 4.76. The summed E-state index contributed by atoms with van der Waals surface area (Å²) in [5.41, 5.74) is 1.68. The van der Waals surface area contributed by atoms with Gasteiger partial charge in [0.25, 0.3) is 5.91 Å². The number of hydrogen-bond acceptors (Lipinski definition) is 3. The molecule has 1 amide bonds. The fraction of sp³-hybridized carbons (Fsp3) is 0.222. The molecule has 0 aromatic heterocycles. The second kappa shape index (κ2) is 6.43. The zero-order valence-corrected chi connectivity index (χ0v) is 14.7. The van der Waals surface area contributed by atoms with Crippen LogP contribution >= 0.6 is 15.9 Å². The summed E-state index contributed by atoms with van der Waals surface area (Å²) in [7, 11) is 0. The molecule has 2 aromatic carbocycles. The topological polar surface area (TPSA) is 73.1 Å². The van der Waals surface area contributed by atoms with Gasteiger partial charge < -0.3 is 10.4 Å². The van der Waals surface area contributed by atoms with E-state index in [1.54, 1.807) is 30.3 Å². The molecule has 2 rings (SSSR count). The summed E-state index contributed by atoms with van der Waals surface area (Å²) in [6, 6.07) is 12.0. The largest absolute Gasteiger partial charge is 0.507 e. The number of amides is 1. The van der Waals surface area contributed by atoms with Crippen molar-refractivity contribution >= 4 is 27.5 Å². The lowest BCUT2D eigenvalue weighted by Crippen LogP contribution is -2.16. The minimum atomic E-state index is -0.404. The molecule has 0 aliphatic carbocycles. The molecule has 2 aromatic rings. The van der Waals surface area contributed by atoms with Gasteiger partial charge in [0.05, 0.1) is 17.2 Å². The van der Waals surface area contributed by atoms with E-state index < -0.39 is 5.91 Å². The van der Waals surface area contributed by atoms with Crippen LogP contribution in [-0.2, 0) is 5.41 Å². The normalized spacial score (nSPS) is 10.9. The summed E-state index contributed by atoms with van der Waals surface area (Å²) in [5.74, 6) is -0.425. The molecule has 0 heterocycles. The van der Waals surface area contributed by atoms with E-state index >= 15 is 0 Å². The van der Waals surface area contributed by atoms with Crippen LogP contribution < -0.4 is 5.32 Å². The van der Waals surface area contributed by atoms with Gasteiger partial charge in [-0.05, 0) is 41.8 Å². The second-order valence-corrected chi connectivity index (χ2v) is 7.16. The number of carbonyl (C=O) groups is 1. The molecule has 0 radical (unpaired) electrons. The highest BCUT2D eigenvalue weighted by Gasteiger charge is 2.23. The molecule has 0 saturated carbocycles. The number of benzene rings is 2. The first-order valence-corrected chi connectivity index (χ1v) is 7.86. The van der Waals surface area contributed by atoms with Gasteiger partial charge >= 0.3 is 0 Å². The molecule has 5 heteroatoms. The Labute approximate surface area is 143 Å². The third-order valence-electron chi connectivity index (χ3n) is 3.40. The third-order valence-corrected chi connectivity index (χ3v) is 3.86. The molecule has 118 valence electrons. The molecular weight excluding hydrogens is 356 g/mol. The fourth-order valence-electron chi connectivity index (χ4n) is 2.17. The van der Waals surface area contributed by atoms with Gasteiger partial charge in [-0.25, -0.2) is 0 Å². The van der Waals surface area contributed by atoms with Crippen molar-refractivity contribution in [3.05, 3.63) is 57.6 Å². The molecule has 0 fully saturated rings. The highest BCUT2D eigenvalue weighted by molar-refractivity contribution is 9.10. The summed E-state index contributed by atoms with van der Waals surface area (Å²) < 4.78 is 0.727. The Morgan fingerprint density at radius 2 is 1.83 bits per heavy atom. The maximum atomic E-state index is 12.5. The summed E-state index contributed by atoms with van der Waals surface area (Å²) >= 11 is 3.39. The van der Waals surface area contributed by atoms with Crippen LogP contribution in [0.3, 0.4) is 0 Å². The summed E-state index contributed by atoms with van der Waals surface area (Å²) in [6.45, 7) is 5.91. The van der Waals surface area contributed by atoms with Crippen molar-refractivity contribution in [3.63, 3.8) is 0 Å². The zero-order valence-electron chi connectivity index (χ0n) is 13.1. The van der Waals surface area contributed by atoms with Gasteiger partial charge in [-0.2, -0.15) is 5.26 Å². The van der Waals surface area contributed by atoms with E-state index in [-0.39, 0.29) is 16.7 Å². The van der Waals surface area contributed by atoms with E-state index in [0.29, 0.717) is 16.8 Å². The van der Waals surface area contributed by atoms with Gasteiger partial charge in [0.1, 0.15) is 5.75 Å². The summed E-state index contributed by atoms with van der Waals surface area (Å²) in [4.78, 5) is 12.5. The van der Waals surface area contributed by atoms with Gasteiger partial charge in [0.15, 0.2) is 0 Å². The Balaban J connectivity index is 2.35. The monoisotopic (exact) mass is 372 g/mol. The van der Waals surface area contributed by atoms with E-state index in [0.717, 1.165) is 4.47 Å². The quantitative estimate of drug-likeness (QED) is 0.810. The molecule has 0 bridgehead atoms. The van der Waals surface area contributed by atoms with Crippen LogP contribution in [0.1, 0.15) is 42.3 Å². The number of halogens is 1. The van der Waals surface area contributed by atoms with Crippen molar-refractivity contribution in [1.82, 2.24) is 0 Å². The number of hydrogen-bond donors (Lipinski definition) is 2. The van der Waals surface area contributed by atoms with E-state index in [4.69, 9.17) is 5.26 Å². The predicted octanol–water partition coefficient (Wildman–Crippen LogP) is 4.58. The lowest BCUT2D eigenvalue weighted by atomic mass is 9.85. The van der Waals surface area contributed by atoms with Crippen LogP contribution in [0.15, 0.2) is 40.9 Å². The predicted molar refractivity (Wildman–Crippen MR) is 93.6 cm³/mol. The summed E-state index contributed by atoms with van der Waals surface area (Å²) in [5, 5.41) is 22.0. The van der Waals surface area contributed by atoms with Crippen LogP contribution in [0, 0.1) is 11.3 Å². The Morgan fingerprint density at radius 3 is 2.35 bits per heavy atom. The number of nitriles is 1. The van der Waals surface area contributed by atoms with Gasteiger partial charge in [0, 0.05) is 15.7 Å². The average molecular weight is 373 g/mol. The molecule has 0 spiro atoms. The van der Waals surface area contributed by atoms with Crippen molar-refractivity contribution in [3.8, 4) is 11.8 Å². The van der Waals surface area contributed by atoms with Crippen LogP contribution in [0.25, 0.3) is 0 Å². The third kappa shape index (κ3) is 3.91. The molecule has 0 unspecified atom stereocenters. The number of carbonyl (C=O) groups excluding carboxylic acids is 1. The van der Waals surface area contributed by atoms with E-state index in [1.807, 2.05) is 32.9 Å². The molecule has 0 aliphatic rings. The van der Waals surface area contributed by atoms with Crippen molar-refractivity contribution in [1.29, 1.82) is 5.26 Å². The van der Waals surface area contributed by atoms with E-state index in [9.17, 15) is 9.90 Å². The molecule has 0 saturated heterocycles. The Morgan fingerprint density at radius 1 is 1.22 bits per heavy atom. The first-order valence-electron chi connectivity index (χ1n) is 7.07. The first-order chi connectivity index (χ1) is 10.7. The minimum Gasteiger partial charge on any atom is -0.507 e. The molecular formula is C18H17BrN2O2. The highest BCUT2D eigenvalue weighted by Crippen LogP contribution is 2.36. The summed E-state index contributed by atoms with van der Waals surface area (Å²) in [6.07, 6.45) is 0. The molecule has 4 nitrogen and oxygen atoms in total. The van der Waals surface area contributed by atoms with Crippen LogP contribution in [0.2, 0.25) is 0 Å². The van der Waals surface area contributed by atoms with Gasteiger partial charge in [-0.15, -0.1) is 0 Å². The van der Waals surface area contributed by atoms with E-state index in [2.05, 4.69) is 21.2 Å². The average Bonchev–Trinajstić information content (AvgIpc) is 2.48. The molecule has 0 aliphatic heterocycles. The molecule has 2 N–H and O–H groups in total. The number of aromatic hydroxyl groups is 1. The van der Waals surface area contributed by atoms with Crippen molar-refractivity contribution in [2.45, 2.75) is 26.2 Å². The van der Waals surface area contributed by atoms with Crippen LogP contribution in [0.4, 0.5) is 5.69 Å². The van der Waals surface area contributed by atoms with Crippen molar-refractivity contribution in [2.24, 2.45) is 0 Å². The standard InChI is InChI=1S/C18H17BrN2O2/c1-18(2,3)15-9-12(19)8-14(16(15)22)17(23)21-13-6-4-11(10-20)5-7-13/h4-9,22H,1-3H3,(H,21,23). The number of rotatable bonds is 2. The number of nitrogens with one attached hydrogen (secondary N) is 1. The SMILES string of the molecule is CC(C)(C)c1cc(Br)cc(C(=O)Nc2ccc(C#N)cc2)c1O. The number of phenolic OH excluding ortho intramolecular Hbond substituents is 1. The van der Waals surface area contributed by atoms with Crippen LogP contribution in [0.5, 0.6) is 5.75 Å². The van der Waals surface area contributed by atoms with Gasteiger partial charge in [-0.1, -0.05) is 36.7 Å². The lowest BCUT2D eigenvalue weighted by molar-refractivity contribution is 0.102. The van der Waals surface area contributed by atoms with Gasteiger partial charge in [0.2, 0.25) is 0 Å². The zero-order chi connectivity index (χ0) is 17.2. The Bertz CT molecular complexity index is 784. The molecule has 23 heavy (non-hydrogen) atoms. The van der Waals surface area contributed by atoms with Gasteiger partial charge in [-0.3, -0.25) is 4.79 Å². The minimum absolute atomic E-state index is 0.0214. The maximum absolute atomic E-state index is 12.5. The Hall–Kier alpha value is -2.32. The van der Waals surface area contributed by atoms with E-state index in [1.165, 1.54) is 0 Å². The molecule has 0 atom stereocenters. The maximum Gasteiger partial charge on any atom is 0.259 e. The first kappa shape index (κ1) is 17.0. The van der Waals surface area contributed by atoms with Crippen LogP contribution in [-0.4, -0.2) is 11.0 Å². The number of anilines is 1.